The van der Waals surface area contributed by atoms with Crippen molar-refractivity contribution in [1.29, 1.82) is 0 Å². The lowest BCUT2D eigenvalue weighted by molar-refractivity contribution is -0.121. The highest BCUT2D eigenvalue weighted by Crippen LogP contribution is 2.23. The van der Waals surface area contributed by atoms with Crippen molar-refractivity contribution in [2.45, 2.75) is 45.4 Å². The van der Waals surface area contributed by atoms with Crippen LogP contribution in [0.5, 0.6) is 0 Å². The molecule has 3 heteroatoms. The molecule has 0 aromatic heterocycles. The molecule has 1 aromatic carbocycles. The zero-order chi connectivity index (χ0) is 15.3. The number of rotatable bonds is 6. The summed E-state index contributed by atoms with van der Waals surface area (Å²) >= 11 is 0. The van der Waals surface area contributed by atoms with Gasteiger partial charge in [-0.3, -0.25) is 4.79 Å². The first-order valence-electron chi connectivity index (χ1n) is 8.02. The monoisotopic (exact) mass is 288 g/mol. The van der Waals surface area contributed by atoms with Gasteiger partial charge in [-0.2, -0.15) is 0 Å². The molecule has 3 nitrogen and oxygen atoms in total. The molecule has 1 atom stereocenters. The molecular formula is C18H28N2O. The largest absolute Gasteiger partial charge is 0.355 e. The van der Waals surface area contributed by atoms with Crippen molar-refractivity contribution in [1.82, 2.24) is 10.6 Å². The summed E-state index contributed by atoms with van der Waals surface area (Å²) in [4.78, 5) is 12.0. The molecule has 2 rings (SSSR count). The zero-order valence-corrected chi connectivity index (χ0v) is 13.5. The lowest BCUT2D eigenvalue weighted by Crippen LogP contribution is -2.36. The first kappa shape index (κ1) is 16.0. The summed E-state index contributed by atoms with van der Waals surface area (Å²) in [5.74, 6) is 0.864. The van der Waals surface area contributed by atoms with E-state index < -0.39 is 0 Å². The summed E-state index contributed by atoms with van der Waals surface area (Å²) < 4.78 is 0. The third-order valence-corrected chi connectivity index (χ3v) is 4.47. The molecule has 1 amide bonds. The van der Waals surface area contributed by atoms with E-state index in [1.165, 1.54) is 17.5 Å². The van der Waals surface area contributed by atoms with Gasteiger partial charge in [0.2, 0.25) is 5.91 Å². The standard InChI is InChI=1S/C18H28N2O/c1-14-5-4-6-16(11-14)18(2,3)13-20-17(21)8-7-15-9-10-19-12-15/h4-6,11,15,19H,7-10,12-13H2,1-3H3,(H,20,21). The van der Waals surface area contributed by atoms with Crippen LogP contribution in [-0.4, -0.2) is 25.5 Å². The SMILES string of the molecule is Cc1cccc(C(C)(C)CNC(=O)CCC2CCNC2)c1. The molecule has 0 aliphatic carbocycles. The number of aryl methyl sites for hydroxylation is 1. The fourth-order valence-corrected chi connectivity index (χ4v) is 2.87. The summed E-state index contributed by atoms with van der Waals surface area (Å²) in [5, 5.41) is 6.45. The van der Waals surface area contributed by atoms with Crippen molar-refractivity contribution in [2.24, 2.45) is 5.92 Å². The van der Waals surface area contributed by atoms with Crippen molar-refractivity contribution in [3.63, 3.8) is 0 Å². The molecule has 1 saturated heterocycles. The quantitative estimate of drug-likeness (QED) is 0.845. The Morgan fingerprint density at radius 3 is 2.90 bits per heavy atom. The molecule has 0 saturated carbocycles. The molecule has 1 heterocycles. The second kappa shape index (κ2) is 7.08. The second-order valence-corrected chi connectivity index (χ2v) is 6.93. The Bertz CT molecular complexity index is 476. The van der Waals surface area contributed by atoms with Gasteiger partial charge in [0.25, 0.3) is 0 Å². The molecule has 1 aromatic rings. The van der Waals surface area contributed by atoms with Crippen LogP contribution >= 0.6 is 0 Å². The molecule has 2 N–H and O–H groups in total. The second-order valence-electron chi connectivity index (χ2n) is 6.93. The minimum Gasteiger partial charge on any atom is -0.355 e. The molecule has 0 radical (unpaired) electrons. The number of carbonyl (C=O) groups is 1. The number of amides is 1. The fraction of sp³-hybridized carbons (Fsp3) is 0.611. The van der Waals surface area contributed by atoms with Crippen LogP contribution in [0.4, 0.5) is 0 Å². The number of benzene rings is 1. The van der Waals surface area contributed by atoms with Crippen molar-refractivity contribution >= 4 is 5.91 Å². The Balaban J connectivity index is 1.79. The number of hydrogen-bond donors (Lipinski definition) is 2. The predicted octanol–water partition coefficient (Wildman–Crippen LogP) is 2.78. The van der Waals surface area contributed by atoms with Crippen LogP contribution in [0.3, 0.4) is 0 Å². The van der Waals surface area contributed by atoms with Crippen LogP contribution in [0.2, 0.25) is 0 Å². The van der Waals surface area contributed by atoms with Gasteiger partial charge in [-0.05, 0) is 44.3 Å². The normalized spacial score (nSPS) is 18.7. The van der Waals surface area contributed by atoms with E-state index in [2.05, 4.69) is 55.7 Å². The van der Waals surface area contributed by atoms with Crippen LogP contribution in [0, 0.1) is 12.8 Å². The zero-order valence-electron chi connectivity index (χ0n) is 13.5. The summed E-state index contributed by atoms with van der Waals surface area (Å²) in [6.07, 6.45) is 2.86. The molecule has 21 heavy (non-hydrogen) atoms. The minimum atomic E-state index is -0.0312. The van der Waals surface area contributed by atoms with Crippen molar-refractivity contribution in [3.8, 4) is 0 Å². The molecule has 1 aliphatic rings. The maximum atomic E-state index is 12.0. The van der Waals surface area contributed by atoms with Crippen molar-refractivity contribution in [2.75, 3.05) is 19.6 Å². The van der Waals surface area contributed by atoms with Crippen LogP contribution in [0.1, 0.15) is 44.2 Å². The van der Waals surface area contributed by atoms with E-state index in [4.69, 9.17) is 0 Å². The summed E-state index contributed by atoms with van der Waals surface area (Å²) in [6, 6.07) is 8.54. The van der Waals surface area contributed by atoms with E-state index in [0.717, 1.165) is 19.5 Å². The number of hydrogen-bond acceptors (Lipinski definition) is 2. The Morgan fingerprint density at radius 2 is 2.24 bits per heavy atom. The van der Waals surface area contributed by atoms with Gasteiger partial charge in [0.15, 0.2) is 0 Å². The predicted molar refractivity (Wildman–Crippen MR) is 87.4 cm³/mol. The average Bonchev–Trinajstić information content (AvgIpc) is 2.96. The first-order chi connectivity index (χ1) is 9.97. The maximum absolute atomic E-state index is 12.0. The lowest BCUT2D eigenvalue weighted by atomic mass is 9.84. The summed E-state index contributed by atoms with van der Waals surface area (Å²) in [7, 11) is 0. The number of nitrogens with one attached hydrogen (secondary N) is 2. The highest BCUT2D eigenvalue weighted by molar-refractivity contribution is 5.76. The van der Waals surface area contributed by atoms with E-state index in [-0.39, 0.29) is 11.3 Å². The van der Waals surface area contributed by atoms with E-state index in [9.17, 15) is 4.79 Å². The van der Waals surface area contributed by atoms with Gasteiger partial charge in [-0.15, -0.1) is 0 Å². The van der Waals surface area contributed by atoms with E-state index in [1.807, 2.05) is 0 Å². The van der Waals surface area contributed by atoms with Gasteiger partial charge in [-0.1, -0.05) is 43.7 Å². The molecule has 1 unspecified atom stereocenters. The minimum absolute atomic E-state index is 0.0312. The third-order valence-electron chi connectivity index (χ3n) is 4.47. The average molecular weight is 288 g/mol. The first-order valence-corrected chi connectivity index (χ1v) is 8.02. The molecular weight excluding hydrogens is 260 g/mol. The summed E-state index contributed by atoms with van der Waals surface area (Å²) in [5.41, 5.74) is 2.51. The van der Waals surface area contributed by atoms with E-state index in [0.29, 0.717) is 18.9 Å². The van der Waals surface area contributed by atoms with Crippen LogP contribution < -0.4 is 10.6 Å². The Labute approximate surface area is 128 Å². The van der Waals surface area contributed by atoms with Crippen LogP contribution in [0.25, 0.3) is 0 Å². The van der Waals surface area contributed by atoms with Crippen LogP contribution in [-0.2, 0) is 10.2 Å². The van der Waals surface area contributed by atoms with Gasteiger partial charge in [-0.25, -0.2) is 0 Å². The maximum Gasteiger partial charge on any atom is 0.220 e. The Hall–Kier alpha value is -1.35. The molecule has 0 bridgehead atoms. The van der Waals surface area contributed by atoms with Gasteiger partial charge in [0.05, 0.1) is 0 Å². The molecule has 116 valence electrons. The van der Waals surface area contributed by atoms with Gasteiger partial charge >= 0.3 is 0 Å². The number of carbonyl (C=O) groups excluding carboxylic acids is 1. The highest BCUT2D eigenvalue weighted by Gasteiger charge is 2.22. The molecule has 1 aliphatic heterocycles. The highest BCUT2D eigenvalue weighted by atomic mass is 16.1. The van der Waals surface area contributed by atoms with Gasteiger partial charge in [0.1, 0.15) is 0 Å². The van der Waals surface area contributed by atoms with Crippen LogP contribution in [0.15, 0.2) is 24.3 Å². The van der Waals surface area contributed by atoms with Gasteiger partial charge in [0, 0.05) is 18.4 Å². The van der Waals surface area contributed by atoms with E-state index in [1.54, 1.807) is 0 Å². The molecule has 1 fully saturated rings. The fourth-order valence-electron chi connectivity index (χ4n) is 2.87. The van der Waals surface area contributed by atoms with Crippen molar-refractivity contribution < 1.29 is 4.79 Å². The Morgan fingerprint density at radius 1 is 1.43 bits per heavy atom. The van der Waals surface area contributed by atoms with Crippen molar-refractivity contribution in [3.05, 3.63) is 35.4 Å². The molecule has 0 spiro atoms. The summed E-state index contributed by atoms with van der Waals surface area (Å²) in [6.45, 7) is 9.34. The lowest BCUT2D eigenvalue weighted by Gasteiger charge is -2.26. The van der Waals surface area contributed by atoms with Gasteiger partial charge < -0.3 is 10.6 Å². The smallest absolute Gasteiger partial charge is 0.220 e. The third kappa shape index (κ3) is 4.85. The topological polar surface area (TPSA) is 41.1 Å². The van der Waals surface area contributed by atoms with E-state index >= 15 is 0 Å². The Kier molecular flexibility index (Phi) is 5.40.